The molecule has 0 aliphatic carbocycles. The highest BCUT2D eigenvalue weighted by Crippen LogP contribution is 2.20. The maximum atomic E-state index is 13.8. The third-order valence-electron chi connectivity index (χ3n) is 4.67. The number of rotatable bonds is 8. The number of amides is 2. The highest BCUT2D eigenvalue weighted by molar-refractivity contribution is 5.92. The number of carbonyl (C=O) groups excluding carboxylic acids is 2. The van der Waals surface area contributed by atoms with Crippen LogP contribution in [0.2, 0.25) is 0 Å². The van der Waals surface area contributed by atoms with Crippen molar-refractivity contribution in [1.29, 1.82) is 0 Å². The topological polar surface area (TPSA) is 49.4 Å². The molecule has 5 heteroatoms. The summed E-state index contributed by atoms with van der Waals surface area (Å²) in [6, 6.07) is 22.4. The van der Waals surface area contributed by atoms with E-state index in [1.807, 2.05) is 42.5 Å². The molecule has 0 saturated heterocycles. The average molecular weight is 390 g/mol. The van der Waals surface area contributed by atoms with Crippen LogP contribution in [0.1, 0.15) is 16.7 Å². The van der Waals surface area contributed by atoms with Gasteiger partial charge < -0.3 is 10.2 Å². The lowest BCUT2D eigenvalue weighted by Gasteiger charge is -2.13. The van der Waals surface area contributed by atoms with E-state index in [1.54, 1.807) is 6.07 Å². The van der Waals surface area contributed by atoms with Crippen molar-refractivity contribution < 1.29 is 14.0 Å². The van der Waals surface area contributed by atoms with E-state index >= 15 is 0 Å². The van der Waals surface area contributed by atoms with Crippen LogP contribution >= 0.6 is 0 Å². The molecule has 0 aromatic heterocycles. The molecule has 2 amide bonds. The number of carbonyl (C=O) groups is 2. The Morgan fingerprint density at radius 1 is 0.931 bits per heavy atom. The van der Waals surface area contributed by atoms with Crippen LogP contribution in [0.5, 0.6) is 0 Å². The van der Waals surface area contributed by atoms with Gasteiger partial charge in [0.05, 0.1) is 12.1 Å². The predicted molar refractivity (Wildman–Crippen MR) is 113 cm³/mol. The quantitative estimate of drug-likeness (QED) is 0.580. The van der Waals surface area contributed by atoms with E-state index in [0.717, 1.165) is 29.0 Å². The van der Waals surface area contributed by atoms with E-state index in [4.69, 9.17) is 0 Å². The monoisotopic (exact) mass is 390 g/mol. The number of hydrogen-bond acceptors (Lipinski definition) is 2. The highest BCUT2D eigenvalue weighted by atomic mass is 19.1. The van der Waals surface area contributed by atoms with E-state index < -0.39 is 5.82 Å². The maximum Gasteiger partial charge on any atom is 0.228 e. The van der Waals surface area contributed by atoms with Crippen LogP contribution in [-0.4, -0.2) is 19.4 Å². The van der Waals surface area contributed by atoms with Gasteiger partial charge in [0.2, 0.25) is 12.3 Å². The molecular weight excluding hydrogens is 367 g/mol. The van der Waals surface area contributed by atoms with Gasteiger partial charge in [0.15, 0.2) is 0 Å². The molecule has 0 aliphatic heterocycles. The highest BCUT2D eigenvalue weighted by Gasteiger charge is 2.11. The van der Waals surface area contributed by atoms with Gasteiger partial charge in [-0.05, 0) is 53.8 Å². The number of benzene rings is 3. The Hall–Kier alpha value is -3.47. The van der Waals surface area contributed by atoms with Crippen LogP contribution in [0.25, 0.3) is 0 Å². The van der Waals surface area contributed by atoms with Crippen molar-refractivity contribution in [2.75, 3.05) is 17.3 Å². The van der Waals surface area contributed by atoms with E-state index in [1.165, 1.54) is 24.7 Å². The van der Waals surface area contributed by atoms with Gasteiger partial charge in [0.25, 0.3) is 0 Å². The van der Waals surface area contributed by atoms with Crippen LogP contribution in [-0.2, 0) is 28.9 Å². The van der Waals surface area contributed by atoms with Crippen molar-refractivity contribution in [3.05, 3.63) is 95.3 Å². The van der Waals surface area contributed by atoms with Crippen LogP contribution in [0.15, 0.2) is 72.8 Å². The third-order valence-corrected chi connectivity index (χ3v) is 4.67. The van der Waals surface area contributed by atoms with Crippen LogP contribution in [0.4, 0.5) is 15.8 Å². The Bertz CT molecular complexity index is 989. The van der Waals surface area contributed by atoms with Crippen molar-refractivity contribution >= 4 is 23.7 Å². The summed E-state index contributed by atoms with van der Waals surface area (Å²) in [5.41, 5.74) is 3.92. The van der Waals surface area contributed by atoms with E-state index in [0.29, 0.717) is 12.0 Å². The van der Waals surface area contributed by atoms with E-state index in [9.17, 15) is 14.0 Å². The van der Waals surface area contributed by atoms with Gasteiger partial charge in [0.1, 0.15) is 5.82 Å². The lowest BCUT2D eigenvalue weighted by atomic mass is 10.0. The summed E-state index contributed by atoms with van der Waals surface area (Å²) in [7, 11) is 1.47. The zero-order valence-electron chi connectivity index (χ0n) is 16.3. The van der Waals surface area contributed by atoms with Crippen LogP contribution in [0, 0.1) is 5.82 Å². The summed E-state index contributed by atoms with van der Waals surface area (Å²) < 4.78 is 13.8. The number of nitrogens with one attached hydrogen (secondary N) is 1. The molecule has 0 fully saturated rings. The van der Waals surface area contributed by atoms with Crippen LogP contribution in [0.3, 0.4) is 0 Å². The Kier molecular flexibility index (Phi) is 6.74. The molecule has 0 saturated carbocycles. The van der Waals surface area contributed by atoms with Crippen molar-refractivity contribution in [2.24, 2.45) is 0 Å². The Balaban J connectivity index is 1.61. The second-order valence-electron chi connectivity index (χ2n) is 6.91. The standard InChI is InChI=1S/C24H23FN2O2/c1-27(17-28)23-15-20(12-13-22(23)25)16-24(29)26-21-9-5-8-19(14-21)11-10-18-6-3-2-4-7-18/h2-9,12-15,17H,10-11,16H2,1H3,(H,26,29). The minimum Gasteiger partial charge on any atom is -0.326 e. The summed E-state index contributed by atoms with van der Waals surface area (Å²) in [6.07, 6.45) is 2.44. The summed E-state index contributed by atoms with van der Waals surface area (Å²) in [5.74, 6) is -0.702. The van der Waals surface area contributed by atoms with Crippen molar-refractivity contribution in [2.45, 2.75) is 19.3 Å². The fourth-order valence-corrected chi connectivity index (χ4v) is 3.12. The predicted octanol–water partition coefficient (Wildman–Crippen LogP) is 4.38. The SMILES string of the molecule is CN(C=O)c1cc(CC(=O)Nc2cccc(CCc3ccccc3)c2)ccc1F. The molecule has 1 N–H and O–H groups in total. The van der Waals surface area contributed by atoms with Gasteiger partial charge in [-0.25, -0.2) is 4.39 Å². The minimum absolute atomic E-state index is 0.0915. The molecule has 148 valence electrons. The van der Waals surface area contributed by atoms with Gasteiger partial charge in [0, 0.05) is 12.7 Å². The Labute approximate surface area is 170 Å². The molecule has 0 spiro atoms. The smallest absolute Gasteiger partial charge is 0.228 e. The number of nitrogens with zero attached hydrogens (tertiary/aromatic N) is 1. The van der Waals surface area contributed by atoms with Gasteiger partial charge >= 0.3 is 0 Å². The Morgan fingerprint density at radius 3 is 2.41 bits per heavy atom. The zero-order chi connectivity index (χ0) is 20.6. The molecular formula is C24H23FN2O2. The molecule has 3 aromatic carbocycles. The molecule has 0 unspecified atom stereocenters. The summed E-state index contributed by atoms with van der Waals surface area (Å²) in [6.45, 7) is 0. The second-order valence-corrected chi connectivity index (χ2v) is 6.91. The fraction of sp³-hybridized carbons (Fsp3) is 0.167. The normalized spacial score (nSPS) is 10.4. The molecule has 0 bridgehead atoms. The fourth-order valence-electron chi connectivity index (χ4n) is 3.12. The molecule has 0 radical (unpaired) electrons. The number of anilines is 2. The van der Waals surface area contributed by atoms with Crippen molar-refractivity contribution in [1.82, 2.24) is 0 Å². The van der Waals surface area contributed by atoms with Gasteiger partial charge in [-0.2, -0.15) is 0 Å². The van der Waals surface area contributed by atoms with E-state index in [-0.39, 0.29) is 18.0 Å². The van der Waals surface area contributed by atoms with Gasteiger partial charge in [-0.1, -0.05) is 48.5 Å². The molecule has 0 aliphatic rings. The van der Waals surface area contributed by atoms with Gasteiger partial charge in [-0.3, -0.25) is 9.59 Å². The van der Waals surface area contributed by atoms with Crippen molar-refractivity contribution in [3.8, 4) is 0 Å². The summed E-state index contributed by atoms with van der Waals surface area (Å²) in [5, 5.41) is 2.89. The minimum atomic E-state index is -0.505. The summed E-state index contributed by atoms with van der Waals surface area (Å²) in [4.78, 5) is 24.5. The largest absolute Gasteiger partial charge is 0.326 e. The lowest BCUT2D eigenvalue weighted by molar-refractivity contribution is -0.115. The molecule has 3 aromatic rings. The first-order chi connectivity index (χ1) is 14.0. The average Bonchev–Trinajstić information content (AvgIpc) is 2.74. The Morgan fingerprint density at radius 2 is 1.66 bits per heavy atom. The molecule has 0 atom stereocenters. The van der Waals surface area contributed by atoms with Crippen molar-refractivity contribution in [3.63, 3.8) is 0 Å². The molecule has 29 heavy (non-hydrogen) atoms. The molecule has 0 heterocycles. The first-order valence-electron chi connectivity index (χ1n) is 9.44. The number of aryl methyl sites for hydroxylation is 2. The zero-order valence-corrected chi connectivity index (χ0v) is 16.3. The first kappa shape index (κ1) is 20.3. The lowest BCUT2D eigenvalue weighted by Crippen LogP contribution is -2.17. The molecule has 3 rings (SSSR count). The maximum absolute atomic E-state index is 13.8. The summed E-state index contributed by atoms with van der Waals surface area (Å²) >= 11 is 0. The van der Waals surface area contributed by atoms with E-state index in [2.05, 4.69) is 17.4 Å². The van der Waals surface area contributed by atoms with Gasteiger partial charge in [-0.15, -0.1) is 0 Å². The third kappa shape index (κ3) is 5.75. The number of halogens is 1. The molecule has 4 nitrogen and oxygen atoms in total. The first-order valence-corrected chi connectivity index (χ1v) is 9.44. The van der Waals surface area contributed by atoms with Crippen LogP contribution < -0.4 is 10.2 Å². The number of hydrogen-bond donors (Lipinski definition) is 1. The second kappa shape index (κ2) is 9.64.